The van der Waals surface area contributed by atoms with Gasteiger partial charge in [0.25, 0.3) is 0 Å². The van der Waals surface area contributed by atoms with Crippen LogP contribution in [0, 0.1) is 0 Å². The van der Waals surface area contributed by atoms with Crippen molar-refractivity contribution < 1.29 is 14.9 Å². The van der Waals surface area contributed by atoms with Gasteiger partial charge in [0.1, 0.15) is 5.02 Å². The fourth-order valence-corrected chi connectivity index (χ4v) is 1.44. The molecule has 1 aromatic rings. The van der Waals surface area contributed by atoms with Crippen molar-refractivity contribution in [2.45, 2.75) is 0 Å². The Labute approximate surface area is 98.5 Å². The van der Waals surface area contributed by atoms with Gasteiger partial charge in [-0.05, 0) is 0 Å². The van der Waals surface area contributed by atoms with Gasteiger partial charge in [-0.25, -0.2) is 4.98 Å². The van der Waals surface area contributed by atoms with Crippen LogP contribution in [0.3, 0.4) is 0 Å². The fourth-order valence-electron chi connectivity index (χ4n) is 1.23. The van der Waals surface area contributed by atoms with E-state index in [0.717, 1.165) is 0 Å². The third kappa shape index (κ3) is 3.19. The third-order valence-corrected chi connectivity index (χ3v) is 2.19. The van der Waals surface area contributed by atoms with Gasteiger partial charge in [-0.3, -0.25) is 0 Å². The Morgan fingerprint density at radius 1 is 1.38 bits per heavy atom. The number of anilines is 1. The maximum Gasteiger partial charge on any atom is 0.318 e. The molecular formula is C9H14ClN3O3. The molecule has 0 spiro atoms. The number of rotatable bonds is 6. The second kappa shape index (κ2) is 6.47. The van der Waals surface area contributed by atoms with Crippen molar-refractivity contribution in [1.29, 1.82) is 0 Å². The van der Waals surface area contributed by atoms with Crippen LogP contribution in [-0.4, -0.2) is 53.6 Å². The lowest BCUT2D eigenvalue weighted by Gasteiger charge is -2.22. The SMILES string of the molecule is COc1ncc(Cl)c(N(CCO)CCO)n1. The first-order chi connectivity index (χ1) is 7.72. The summed E-state index contributed by atoms with van der Waals surface area (Å²) in [5.74, 6) is 0.441. The van der Waals surface area contributed by atoms with E-state index in [9.17, 15) is 0 Å². The van der Waals surface area contributed by atoms with Crippen molar-refractivity contribution in [2.24, 2.45) is 0 Å². The molecule has 0 saturated carbocycles. The van der Waals surface area contributed by atoms with Crippen LogP contribution < -0.4 is 9.64 Å². The minimum atomic E-state index is -0.0529. The van der Waals surface area contributed by atoms with Crippen LogP contribution in [0.2, 0.25) is 5.02 Å². The topological polar surface area (TPSA) is 78.7 Å². The summed E-state index contributed by atoms with van der Waals surface area (Å²) in [6.07, 6.45) is 1.42. The van der Waals surface area contributed by atoms with Gasteiger partial charge in [-0.2, -0.15) is 4.98 Å². The van der Waals surface area contributed by atoms with Gasteiger partial charge in [0.2, 0.25) is 0 Å². The lowest BCUT2D eigenvalue weighted by molar-refractivity contribution is 0.280. The predicted octanol–water partition coefficient (Wildman–Crippen LogP) is -0.0704. The molecule has 2 N–H and O–H groups in total. The van der Waals surface area contributed by atoms with E-state index < -0.39 is 0 Å². The quantitative estimate of drug-likeness (QED) is 0.733. The van der Waals surface area contributed by atoms with E-state index in [1.807, 2.05) is 0 Å². The van der Waals surface area contributed by atoms with Crippen LogP contribution in [0.5, 0.6) is 6.01 Å². The van der Waals surface area contributed by atoms with Crippen LogP contribution >= 0.6 is 11.6 Å². The first-order valence-electron chi connectivity index (χ1n) is 4.76. The zero-order chi connectivity index (χ0) is 12.0. The van der Waals surface area contributed by atoms with Gasteiger partial charge in [-0.1, -0.05) is 11.6 Å². The second-order valence-corrected chi connectivity index (χ2v) is 3.37. The summed E-state index contributed by atoms with van der Waals surface area (Å²) >= 11 is 5.93. The summed E-state index contributed by atoms with van der Waals surface area (Å²) in [7, 11) is 1.45. The number of hydrogen-bond donors (Lipinski definition) is 2. The Morgan fingerprint density at radius 2 is 2.00 bits per heavy atom. The highest BCUT2D eigenvalue weighted by atomic mass is 35.5. The van der Waals surface area contributed by atoms with Gasteiger partial charge in [0.15, 0.2) is 5.82 Å². The molecule has 0 amide bonds. The molecule has 0 radical (unpaired) electrons. The Bertz CT molecular complexity index is 332. The number of halogens is 1. The summed E-state index contributed by atoms with van der Waals surface area (Å²) in [5, 5.41) is 18.2. The molecule has 0 aliphatic heterocycles. The van der Waals surface area contributed by atoms with Crippen LogP contribution in [-0.2, 0) is 0 Å². The number of methoxy groups -OCH3 is 1. The van der Waals surface area contributed by atoms with Crippen molar-refractivity contribution in [1.82, 2.24) is 9.97 Å². The van der Waals surface area contributed by atoms with E-state index in [4.69, 9.17) is 26.6 Å². The van der Waals surface area contributed by atoms with E-state index in [1.54, 1.807) is 4.90 Å². The van der Waals surface area contributed by atoms with E-state index in [1.165, 1.54) is 13.3 Å². The van der Waals surface area contributed by atoms with Crippen LogP contribution in [0.1, 0.15) is 0 Å². The number of nitrogens with zero attached hydrogens (tertiary/aromatic N) is 3. The molecule has 1 aromatic heterocycles. The molecule has 0 atom stereocenters. The minimum Gasteiger partial charge on any atom is -0.467 e. The van der Waals surface area contributed by atoms with E-state index in [-0.39, 0.29) is 19.2 Å². The largest absolute Gasteiger partial charge is 0.467 e. The Kier molecular flexibility index (Phi) is 5.24. The molecule has 1 rings (SSSR count). The zero-order valence-corrected chi connectivity index (χ0v) is 9.68. The number of hydrogen-bond acceptors (Lipinski definition) is 6. The van der Waals surface area contributed by atoms with Crippen LogP contribution in [0.25, 0.3) is 0 Å². The van der Waals surface area contributed by atoms with Crippen LogP contribution in [0.4, 0.5) is 5.82 Å². The average Bonchev–Trinajstić information content (AvgIpc) is 2.29. The minimum absolute atomic E-state index is 0.0529. The maximum atomic E-state index is 8.90. The normalized spacial score (nSPS) is 10.2. The maximum absolute atomic E-state index is 8.90. The lowest BCUT2D eigenvalue weighted by Crippen LogP contribution is -2.30. The molecule has 7 heteroatoms. The van der Waals surface area contributed by atoms with E-state index in [0.29, 0.717) is 23.9 Å². The smallest absolute Gasteiger partial charge is 0.318 e. The molecule has 6 nitrogen and oxygen atoms in total. The lowest BCUT2D eigenvalue weighted by atomic mass is 10.4. The van der Waals surface area contributed by atoms with Crippen molar-refractivity contribution >= 4 is 17.4 Å². The summed E-state index contributed by atoms with van der Waals surface area (Å²) in [6.45, 7) is 0.562. The molecule has 0 aliphatic rings. The number of aliphatic hydroxyl groups is 2. The van der Waals surface area contributed by atoms with Crippen molar-refractivity contribution in [3.05, 3.63) is 11.2 Å². The molecule has 0 fully saturated rings. The molecule has 0 aliphatic carbocycles. The van der Waals surface area contributed by atoms with E-state index in [2.05, 4.69) is 9.97 Å². The van der Waals surface area contributed by atoms with Crippen molar-refractivity contribution in [3.8, 4) is 6.01 Å². The molecule has 1 heterocycles. The molecule has 90 valence electrons. The fraction of sp³-hybridized carbons (Fsp3) is 0.556. The summed E-state index contributed by atoms with van der Waals surface area (Å²) in [4.78, 5) is 9.57. The molecule has 16 heavy (non-hydrogen) atoms. The Morgan fingerprint density at radius 3 is 2.50 bits per heavy atom. The average molecular weight is 248 g/mol. The standard InChI is InChI=1S/C9H14ClN3O3/c1-16-9-11-6-7(10)8(12-9)13(2-4-14)3-5-15/h6,14-15H,2-5H2,1H3. The van der Waals surface area contributed by atoms with Crippen molar-refractivity contribution in [3.63, 3.8) is 0 Å². The second-order valence-electron chi connectivity index (χ2n) is 2.96. The zero-order valence-electron chi connectivity index (χ0n) is 8.93. The Hall–Kier alpha value is -1.11. The number of aromatic nitrogens is 2. The summed E-state index contributed by atoms with van der Waals surface area (Å²) in [6, 6.07) is 0.195. The summed E-state index contributed by atoms with van der Waals surface area (Å²) < 4.78 is 4.88. The molecule has 0 bridgehead atoms. The highest BCUT2D eigenvalue weighted by molar-refractivity contribution is 6.32. The predicted molar refractivity (Wildman–Crippen MR) is 60.0 cm³/mol. The highest BCUT2D eigenvalue weighted by Crippen LogP contribution is 2.23. The molecule has 0 unspecified atom stereocenters. The Balaban J connectivity index is 2.96. The van der Waals surface area contributed by atoms with Gasteiger partial charge in [0, 0.05) is 13.1 Å². The molecular weight excluding hydrogens is 234 g/mol. The van der Waals surface area contributed by atoms with E-state index >= 15 is 0 Å². The molecule has 0 aromatic carbocycles. The molecule has 0 saturated heterocycles. The first kappa shape index (κ1) is 13.0. The van der Waals surface area contributed by atoms with Crippen LogP contribution in [0.15, 0.2) is 6.20 Å². The van der Waals surface area contributed by atoms with Gasteiger partial charge in [-0.15, -0.1) is 0 Å². The summed E-state index contributed by atoms with van der Waals surface area (Å²) in [5.41, 5.74) is 0. The monoisotopic (exact) mass is 247 g/mol. The number of aliphatic hydroxyl groups excluding tert-OH is 2. The number of ether oxygens (including phenoxy) is 1. The van der Waals surface area contributed by atoms with Gasteiger partial charge >= 0.3 is 6.01 Å². The highest BCUT2D eigenvalue weighted by Gasteiger charge is 2.13. The first-order valence-corrected chi connectivity index (χ1v) is 5.14. The third-order valence-electron chi connectivity index (χ3n) is 1.93. The van der Waals surface area contributed by atoms with Gasteiger partial charge in [0.05, 0.1) is 26.5 Å². The van der Waals surface area contributed by atoms with Gasteiger partial charge < -0.3 is 19.8 Å². The van der Waals surface area contributed by atoms with Crippen molar-refractivity contribution in [2.75, 3.05) is 38.3 Å².